The van der Waals surface area contributed by atoms with Crippen molar-refractivity contribution in [3.8, 4) is 0 Å². The number of benzene rings is 1. The molecule has 1 aromatic heterocycles. The number of nitrogens with zero attached hydrogens (tertiary/aromatic N) is 3. The van der Waals surface area contributed by atoms with E-state index in [2.05, 4.69) is 32.9 Å². The number of rotatable bonds is 3. The average Bonchev–Trinajstić information content (AvgIpc) is 2.99. The fraction of sp³-hybridized carbons (Fsp3) is 0.133. The van der Waals surface area contributed by atoms with Crippen LogP contribution in [0.1, 0.15) is 13.3 Å². The van der Waals surface area contributed by atoms with Gasteiger partial charge >= 0.3 is 0 Å². The lowest BCUT2D eigenvalue weighted by atomic mass is 10.1. The van der Waals surface area contributed by atoms with Gasteiger partial charge in [-0.15, -0.1) is 5.10 Å². The molecule has 0 unspecified atom stereocenters. The van der Waals surface area contributed by atoms with Crippen molar-refractivity contribution in [2.75, 3.05) is 5.43 Å². The van der Waals surface area contributed by atoms with E-state index in [1.54, 1.807) is 6.20 Å². The minimum Gasteiger partial charge on any atom is -0.259 e. The molecule has 19 heavy (non-hydrogen) atoms. The molecule has 0 fully saturated rings. The highest BCUT2D eigenvalue weighted by Gasteiger charge is 2.05. The van der Waals surface area contributed by atoms with Gasteiger partial charge in [-0.2, -0.15) is 10.2 Å². The fourth-order valence-corrected chi connectivity index (χ4v) is 2.03. The number of fused-ring (bicyclic) bond motifs is 1. The molecule has 1 aromatic carbocycles. The summed E-state index contributed by atoms with van der Waals surface area (Å²) < 4.78 is 0. The molecule has 94 valence electrons. The van der Waals surface area contributed by atoms with E-state index in [-0.39, 0.29) is 0 Å². The summed E-state index contributed by atoms with van der Waals surface area (Å²) >= 11 is 0. The van der Waals surface area contributed by atoms with Gasteiger partial charge in [0.05, 0.1) is 11.9 Å². The van der Waals surface area contributed by atoms with Crippen LogP contribution in [-0.4, -0.2) is 15.9 Å². The van der Waals surface area contributed by atoms with Crippen LogP contribution in [-0.2, 0) is 0 Å². The Morgan fingerprint density at radius 3 is 3.05 bits per heavy atom. The van der Waals surface area contributed by atoms with Crippen LogP contribution in [0.15, 0.2) is 59.4 Å². The average molecular weight is 250 g/mol. The summed E-state index contributed by atoms with van der Waals surface area (Å²) in [6.45, 7) is 1.99. The second-order valence-electron chi connectivity index (χ2n) is 4.41. The maximum Gasteiger partial charge on any atom is 0.176 e. The van der Waals surface area contributed by atoms with Crippen molar-refractivity contribution in [1.82, 2.24) is 10.2 Å². The van der Waals surface area contributed by atoms with E-state index in [0.29, 0.717) is 5.82 Å². The Balaban J connectivity index is 1.88. The van der Waals surface area contributed by atoms with Gasteiger partial charge in [0.15, 0.2) is 5.82 Å². The lowest BCUT2D eigenvalue weighted by Crippen LogP contribution is -2.02. The summed E-state index contributed by atoms with van der Waals surface area (Å²) in [5.74, 6) is 0.684. The van der Waals surface area contributed by atoms with Crippen molar-refractivity contribution < 1.29 is 0 Å². The zero-order valence-corrected chi connectivity index (χ0v) is 10.7. The summed E-state index contributed by atoms with van der Waals surface area (Å²) in [6.07, 6.45) is 8.94. The van der Waals surface area contributed by atoms with Crippen molar-refractivity contribution >= 4 is 22.3 Å². The van der Waals surface area contributed by atoms with Crippen LogP contribution in [0.4, 0.5) is 5.82 Å². The molecule has 0 atom stereocenters. The van der Waals surface area contributed by atoms with Crippen LogP contribution >= 0.6 is 0 Å². The summed E-state index contributed by atoms with van der Waals surface area (Å²) in [5.41, 5.74) is 5.20. The molecule has 0 radical (unpaired) electrons. The second-order valence-corrected chi connectivity index (χ2v) is 4.41. The molecule has 0 saturated carbocycles. The summed E-state index contributed by atoms with van der Waals surface area (Å²) in [5, 5.41) is 14.5. The molecule has 3 rings (SSSR count). The maximum atomic E-state index is 4.38. The van der Waals surface area contributed by atoms with Crippen LogP contribution in [0.5, 0.6) is 0 Å². The van der Waals surface area contributed by atoms with Gasteiger partial charge in [-0.25, -0.2) is 0 Å². The SMILES string of the molecule is CC(=NNc1nncc2ccccc12)C1=CC=CC1. The number of anilines is 1. The molecule has 0 bridgehead atoms. The first-order valence-corrected chi connectivity index (χ1v) is 6.21. The Bertz CT molecular complexity index is 693. The largest absolute Gasteiger partial charge is 0.259 e. The molecule has 4 heteroatoms. The quantitative estimate of drug-likeness (QED) is 0.671. The Hall–Kier alpha value is -2.49. The summed E-state index contributed by atoms with van der Waals surface area (Å²) in [7, 11) is 0. The van der Waals surface area contributed by atoms with E-state index < -0.39 is 0 Å². The minimum absolute atomic E-state index is 0.684. The predicted octanol–water partition coefficient (Wildman–Crippen LogP) is 3.30. The summed E-state index contributed by atoms with van der Waals surface area (Å²) in [6, 6.07) is 7.98. The van der Waals surface area contributed by atoms with E-state index in [0.717, 1.165) is 22.9 Å². The van der Waals surface area contributed by atoms with E-state index in [4.69, 9.17) is 0 Å². The minimum atomic E-state index is 0.684. The lowest BCUT2D eigenvalue weighted by Gasteiger charge is -2.05. The molecule has 0 amide bonds. The first-order chi connectivity index (χ1) is 9.34. The van der Waals surface area contributed by atoms with Gasteiger partial charge < -0.3 is 0 Å². The highest BCUT2D eigenvalue weighted by molar-refractivity contribution is 6.00. The number of hydrogen-bond acceptors (Lipinski definition) is 4. The van der Waals surface area contributed by atoms with Gasteiger partial charge in [-0.1, -0.05) is 42.5 Å². The number of hydrogen-bond donors (Lipinski definition) is 1. The Morgan fingerprint density at radius 1 is 1.32 bits per heavy atom. The molecule has 0 aliphatic heterocycles. The number of allylic oxidation sites excluding steroid dienone is 4. The number of hydrazone groups is 1. The third-order valence-electron chi connectivity index (χ3n) is 3.14. The third kappa shape index (κ3) is 2.38. The first-order valence-electron chi connectivity index (χ1n) is 6.21. The van der Waals surface area contributed by atoms with Gasteiger partial charge in [-0.05, 0) is 18.9 Å². The molecule has 0 spiro atoms. The van der Waals surface area contributed by atoms with E-state index in [1.165, 1.54) is 5.57 Å². The van der Waals surface area contributed by atoms with E-state index >= 15 is 0 Å². The van der Waals surface area contributed by atoms with Gasteiger partial charge in [0.25, 0.3) is 0 Å². The smallest absolute Gasteiger partial charge is 0.176 e. The zero-order valence-electron chi connectivity index (χ0n) is 10.7. The molecule has 1 heterocycles. The van der Waals surface area contributed by atoms with Gasteiger partial charge in [0.1, 0.15) is 0 Å². The van der Waals surface area contributed by atoms with Crippen LogP contribution in [0.3, 0.4) is 0 Å². The van der Waals surface area contributed by atoms with Gasteiger partial charge in [-0.3, -0.25) is 5.43 Å². The van der Waals surface area contributed by atoms with Crippen LogP contribution in [0.2, 0.25) is 0 Å². The van der Waals surface area contributed by atoms with Crippen LogP contribution in [0.25, 0.3) is 10.8 Å². The monoisotopic (exact) mass is 250 g/mol. The topological polar surface area (TPSA) is 50.2 Å². The van der Waals surface area contributed by atoms with Crippen molar-refractivity contribution in [2.24, 2.45) is 5.10 Å². The van der Waals surface area contributed by atoms with E-state index in [9.17, 15) is 0 Å². The Morgan fingerprint density at radius 2 is 2.21 bits per heavy atom. The molecular weight excluding hydrogens is 236 g/mol. The molecule has 4 nitrogen and oxygen atoms in total. The summed E-state index contributed by atoms with van der Waals surface area (Å²) in [4.78, 5) is 0. The Kier molecular flexibility index (Phi) is 3.06. The molecular formula is C15H14N4. The first kappa shape index (κ1) is 11.6. The third-order valence-corrected chi connectivity index (χ3v) is 3.14. The van der Waals surface area contributed by atoms with Crippen LogP contribution in [0, 0.1) is 0 Å². The molecule has 1 aliphatic rings. The van der Waals surface area contributed by atoms with Crippen molar-refractivity contribution in [2.45, 2.75) is 13.3 Å². The molecule has 2 aromatic rings. The van der Waals surface area contributed by atoms with Crippen LogP contribution < -0.4 is 5.43 Å². The second kappa shape index (κ2) is 5.02. The molecule has 1 aliphatic carbocycles. The van der Waals surface area contributed by atoms with Crippen molar-refractivity contribution in [1.29, 1.82) is 0 Å². The maximum absolute atomic E-state index is 4.38. The highest BCUT2D eigenvalue weighted by atomic mass is 15.3. The number of nitrogens with one attached hydrogen (secondary N) is 1. The van der Waals surface area contributed by atoms with E-state index in [1.807, 2.05) is 37.3 Å². The number of aromatic nitrogens is 2. The fourth-order valence-electron chi connectivity index (χ4n) is 2.03. The normalized spacial score (nSPS) is 14.8. The standard InChI is InChI=1S/C15H14N4/c1-11(12-6-2-3-7-12)17-19-15-14-9-5-4-8-13(14)10-16-18-15/h2-6,8-10H,7H2,1H3,(H,18,19). The molecule has 0 saturated heterocycles. The predicted molar refractivity (Wildman–Crippen MR) is 78.1 cm³/mol. The molecule has 1 N–H and O–H groups in total. The lowest BCUT2D eigenvalue weighted by molar-refractivity contribution is 1.04. The highest BCUT2D eigenvalue weighted by Crippen LogP contribution is 2.19. The zero-order chi connectivity index (χ0) is 13.1. The Labute approximate surface area is 111 Å². The van der Waals surface area contributed by atoms with Crippen molar-refractivity contribution in [3.05, 3.63) is 54.3 Å². The van der Waals surface area contributed by atoms with Gasteiger partial charge in [0, 0.05) is 10.8 Å². The van der Waals surface area contributed by atoms with Crippen molar-refractivity contribution in [3.63, 3.8) is 0 Å². The van der Waals surface area contributed by atoms with Gasteiger partial charge in [0.2, 0.25) is 0 Å².